The third kappa shape index (κ3) is 2.79. The molecule has 0 unspecified atom stereocenters. The van der Waals surface area contributed by atoms with Gasteiger partial charge in [-0.3, -0.25) is 10.1 Å². The Balaban J connectivity index is 1.48. The van der Waals surface area contributed by atoms with Gasteiger partial charge in [-0.15, -0.1) is 0 Å². The fourth-order valence-corrected chi connectivity index (χ4v) is 3.14. The van der Waals surface area contributed by atoms with Gasteiger partial charge in [0.2, 0.25) is 0 Å². The van der Waals surface area contributed by atoms with Gasteiger partial charge in [-0.2, -0.15) is 5.10 Å². The molecule has 27 heavy (non-hydrogen) atoms. The molecule has 0 spiro atoms. The molecule has 0 fully saturated rings. The van der Waals surface area contributed by atoms with Gasteiger partial charge < -0.3 is 10.3 Å². The zero-order valence-corrected chi connectivity index (χ0v) is 14.2. The maximum atomic E-state index is 14.2. The van der Waals surface area contributed by atoms with Crippen molar-refractivity contribution in [2.75, 3.05) is 5.32 Å². The number of H-pyrrole nitrogens is 2. The average Bonchev–Trinajstić information content (AvgIpc) is 3.31. The van der Waals surface area contributed by atoms with Crippen LogP contribution in [0.2, 0.25) is 0 Å². The van der Waals surface area contributed by atoms with Crippen LogP contribution in [0.5, 0.6) is 0 Å². The van der Waals surface area contributed by atoms with E-state index in [9.17, 15) is 4.39 Å². The summed E-state index contributed by atoms with van der Waals surface area (Å²) >= 11 is 0. The van der Waals surface area contributed by atoms with E-state index in [1.807, 2.05) is 36.5 Å². The van der Waals surface area contributed by atoms with Crippen LogP contribution in [0.3, 0.4) is 0 Å². The van der Waals surface area contributed by atoms with Crippen molar-refractivity contribution in [3.63, 3.8) is 0 Å². The second-order valence-electron chi connectivity index (χ2n) is 6.27. The molecule has 2 aromatic carbocycles. The van der Waals surface area contributed by atoms with Crippen LogP contribution in [0, 0.1) is 5.82 Å². The lowest BCUT2D eigenvalue weighted by Crippen LogP contribution is -1.99. The summed E-state index contributed by atoms with van der Waals surface area (Å²) in [6, 6.07) is 14.7. The first-order valence-corrected chi connectivity index (χ1v) is 8.53. The van der Waals surface area contributed by atoms with Crippen LogP contribution in [-0.4, -0.2) is 25.1 Å². The average molecular weight is 358 g/mol. The number of nitrogens with zero attached hydrogens (tertiary/aromatic N) is 3. The van der Waals surface area contributed by atoms with Crippen LogP contribution >= 0.6 is 0 Å². The Morgan fingerprint density at radius 1 is 1.04 bits per heavy atom. The summed E-state index contributed by atoms with van der Waals surface area (Å²) < 4.78 is 14.2. The van der Waals surface area contributed by atoms with Crippen LogP contribution in [0.1, 0.15) is 5.56 Å². The highest BCUT2D eigenvalue weighted by atomic mass is 19.1. The maximum Gasteiger partial charge on any atom is 0.159 e. The largest absolute Gasteiger partial charge is 0.381 e. The number of benzene rings is 2. The third-order valence-electron chi connectivity index (χ3n) is 4.46. The molecule has 3 heterocycles. The summed E-state index contributed by atoms with van der Waals surface area (Å²) in [4.78, 5) is 11.9. The molecule has 0 saturated carbocycles. The molecule has 0 amide bonds. The van der Waals surface area contributed by atoms with E-state index in [-0.39, 0.29) is 5.82 Å². The number of imidazole rings is 1. The third-order valence-corrected chi connectivity index (χ3v) is 4.46. The Hall–Kier alpha value is -3.74. The zero-order valence-electron chi connectivity index (χ0n) is 14.2. The molecular formula is C20H15FN6. The van der Waals surface area contributed by atoms with E-state index < -0.39 is 0 Å². The first kappa shape index (κ1) is 15.5. The van der Waals surface area contributed by atoms with Crippen LogP contribution in [-0.2, 0) is 6.54 Å². The fourth-order valence-electron chi connectivity index (χ4n) is 3.14. The molecule has 0 atom stereocenters. The Morgan fingerprint density at radius 3 is 2.89 bits per heavy atom. The minimum atomic E-state index is -0.324. The van der Waals surface area contributed by atoms with Gasteiger partial charge >= 0.3 is 0 Å². The molecule has 0 saturated heterocycles. The van der Waals surface area contributed by atoms with Crippen LogP contribution < -0.4 is 5.32 Å². The van der Waals surface area contributed by atoms with Gasteiger partial charge in [0.25, 0.3) is 0 Å². The topological polar surface area (TPSA) is 82.3 Å². The normalized spacial score (nSPS) is 11.3. The molecular weight excluding hydrogens is 343 g/mol. The molecule has 5 rings (SSSR count). The highest BCUT2D eigenvalue weighted by Crippen LogP contribution is 2.28. The van der Waals surface area contributed by atoms with E-state index in [1.165, 1.54) is 6.07 Å². The second kappa shape index (κ2) is 6.21. The quantitative estimate of drug-likeness (QED) is 0.448. The molecule has 0 radical (unpaired) electrons. The highest BCUT2D eigenvalue weighted by molar-refractivity contribution is 5.93. The minimum absolute atomic E-state index is 0.324. The predicted octanol–water partition coefficient (Wildman–Crippen LogP) is 4.25. The molecule has 3 N–H and O–H groups in total. The monoisotopic (exact) mass is 358 g/mol. The number of nitrogens with one attached hydrogen (secondary N) is 3. The summed E-state index contributed by atoms with van der Waals surface area (Å²) in [5.74, 6) is 0.210. The maximum absolute atomic E-state index is 14.2. The van der Waals surface area contributed by atoms with Gasteiger partial charge in [-0.1, -0.05) is 12.1 Å². The summed E-state index contributed by atoms with van der Waals surface area (Å²) in [5.41, 5.74) is 4.83. The number of aromatic amines is 2. The number of halogens is 1. The Morgan fingerprint density at radius 2 is 2.00 bits per heavy atom. The summed E-state index contributed by atoms with van der Waals surface area (Å²) in [7, 11) is 0. The number of fused-ring (bicyclic) bond motifs is 2. The molecule has 0 aliphatic heterocycles. The zero-order chi connectivity index (χ0) is 18.2. The lowest BCUT2D eigenvalue weighted by Gasteiger charge is -2.05. The Bertz CT molecular complexity index is 1240. The van der Waals surface area contributed by atoms with Crippen molar-refractivity contribution in [1.29, 1.82) is 0 Å². The highest BCUT2D eigenvalue weighted by Gasteiger charge is 2.15. The predicted molar refractivity (Wildman–Crippen MR) is 103 cm³/mol. The van der Waals surface area contributed by atoms with Gasteiger partial charge in [0.15, 0.2) is 5.82 Å². The van der Waals surface area contributed by atoms with Gasteiger partial charge in [-0.05, 0) is 42.0 Å². The van der Waals surface area contributed by atoms with Gasteiger partial charge in [0.05, 0.1) is 21.9 Å². The first-order chi connectivity index (χ1) is 13.3. The molecule has 6 nitrogen and oxygen atoms in total. The lowest BCUT2D eigenvalue weighted by atomic mass is 10.2. The molecule has 0 bridgehead atoms. The first-order valence-electron chi connectivity index (χ1n) is 8.53. The molecule has 0 aliphatic rings. The van der Waals surface area contributed by atoms with Crippen molar-refractivity contribution in [1.82, 2.24) is 25.1 Å². The molecule has 7 heteroatoms. The van der Waals surface area contributed by atoms with Crippen molar-refractivity contribution >= 4 is 27.6 Å². The van der Waals surface area contributed by atoms with E-state index in [4.69, 9.17) is 0 Å². The minimum Gasteiger partial charge on any atom is -0.381 e. The number of hydrogen-bond acceptors (Lipinski definition) is 4. The molecule has 132 valence electrons. The van der Waals surface area contributed by atoms with Crippen molar-refractivity contribution in [2.45, 2.75) is 6.54 Å². The summed E-state index contributed by atoms with van der Waals surface area (Å²) in [6.07, 6.45) is 3.58. The standard InChI is InChI=1S/C20H15FN6/c21-14-4-1-5-16-18(14)19(27-26-16)20-24-15-7-6-13(9-17(15)25-20)23-11-12-3-2-8-22-10-12/h1-10,23H,11H2,(H,24,25)(H,26,27). The number of pyridine rings is 1. The van der Waals surface area contributed by atoms with Crippen LogP contribution in [0.25, 0.3) is 33.5 Å². The van der Waals surface area contributed by atoms with E-state index in [0.717, 1.165) is 22.3 Å². The lowest BCUT2D eigenvalue weighted by molar-refractivity contribution is 0.640. The number of rotatable bonds is 4. The number of anilines is 1. The smallest absolute Gasteiger partial charge is 0.159 e. The van der Waals surface area contributed by atoms with Crippen LogP contribution in [0.4, 0.5) is 10.1 Å². The Labute approximate surface area is 153 Å². The second-order valence-corrected chi connectivity index (χ2v) is 6.27. The van der Waals surface area contributed by atoms with Crippen molar-refractivity contribution in [3.8, 4) is 11.5 Å². The summed E-state index contributed by atoms with van der Waals surface area (Å²) in [6.45, 7) is 0.676. The SMILES string of the molecule is Fc1cccc2[nH]nc(-c3nc4ccc(NCc5cccnc5)cc4[nH]3)c12. The van der Waals surface area contributed by atoms with Gasteiger partial charge in [0, 0.05) is 24.6 Å². The van der Waals surface area contributed by atoms with Crippen molar-refractivity contribution in [2.24, 2.45) is 0 Å². The van der Waals surface area contributed by atoms with Gasteiger partial charge in [-0.25, -0.2) is 9.37 Å². The van der Waals surface area contributed by atoms with E-state index >= 15 is 0 Å². The van der Waals surface area contributed by atoms with Crippen molar-refractivity contribution in [3.05, 3.63) is 72.3 Å². The molecule has 3 aromatic heterocycles. The van der Waals surface area contributed by atoms with E-state index in [1.54, 1.807) is 18.3 Å². The van der Waals surface area contributed by atoms with E-state index in [0.29, 0.717) is 29.0 Å². The van der Waals surface area contributed by atoms with Crippen LogP contribution in [0.15, 0.2) is 60.9 Å². The fraction of sp³-hybridized carbons (Fsp3) is 0.0500. The number of hydrogen-bond donors (Lipinski definition) is 3. The summed E-state index contributed by atoms with van der Waals surface area (Å²) in [5, 5.41) is 10.9. The Kier molecular flexibility index (Phi) is 3.57. The van der Waals surface area contributed by atoms with E-state index in [2.05, 4.69) is 30.5 Å². The van der Waals surface area contributed by atoms with Crippen molar-refractivity contribution < 1.29 is 4.39 Å². The molecule has 5 aromatic rings. The van der Waals surface area contributed by atoms with Gasteiger partial charge in [0.1, 0.15) is 11.5 Å². The number of aromatic nitrogens is 5. The molecule has 0 aliphatic carbocycles.